The van der Waals surface area contributed by atoms with E-state index in [4.69, 9.17) is 0 Å². The largest absolute Gasteiger partial charge is 0.260 e. The first kappa shape index (κ1) is 12.8. The number of aromatic nitrogens is 6. The van der Waals surface area contributed by atoms with Crippen LogP contribution in [0.2, 0.25) is 0 Å². The summed E-state index contributed by atoms with van der Waals surface area (Å²) in [6, 6.07) is 0. The van der Waals surface area contributed by atoms with Crippen molar-refractivity contribution in [3.63, 3.8) is 0 Å². The maximum Gasteiger partial charge on any atom is 0.260 e. The molecule has 1 aliphatic carbocycles. The monoisotopic (exact) mass is 330 g/mol. The average molecular weight is 330 g/mol. The summed E-state index contributed by atoms with van der Waals surface area (Å²) in [4.78, 5) is 7.21. The molecule has 0 unspecified atom stereocenters. The Bertz CT molecular complexity index is 1030. The maximum atomic E-state index is 4.51. The molecule has 8 heteroatoms. The second-order valence-electron chi connectivity index (χ2n) is 5.85. The molecule has 0 radical (unpaired) electrons. The Morgan fingerprint density at radius 1 is 1.36 bits per heavy atom. The van der Waals surface area contributed by atoms with Crippen LogP contribution in [0.5, 0.6) is 0 Å². The lowest BCUT2D eigenvalue weighted by Gasteiger charge is -2.17. The quantitative estimate of drug-likeness (QED) is 0.502. The van der Waals surface area contributed by atoms with Gasteiger partial charge in [-0.3, -0.25) is 0 Å². The van der Waals surface area contributed by atoms with Gasteiger partial charge in [-0.05, 0) is 37.0 Å². The van der Waals surface area contributed by atoms with Crippen molar-refractivity contribution in [2.45, 2.75) is 31.3 Å². The number of hydrogen-bond donors (Lipinski definition) is 0. The van der Waals surface area contributed by atoms with E-state index in [2.05, 4.69) is 31.6 Å². The normalized spacial score (nSPS) is 18.5. The van der Waals surface area contributed by atoms with Gasteiger partial charge in [-0.25, -0.2) is 9.38 Å². The topological polar surface area (TPSA) is 60.4 Å². The second kappa shape index (κ2) is 4.42. The summed E-state index contributed by atoms with van der Waals surface area (Å²) in [6.07, 6.45) is 7.19. The van der Waals surface area contributed by atoms with Gasteiger partial charge in [-0.2, -0.15) is 9.61 Å². The van der Waals surface area contributed by atoms with E-state index in [1.54, 1.807) is 18.1 Å². The zero-order chi connectivity index (χ0) is 14.8. The molecule has 1 aliphatic rings. The van der Waals surface area contributed by atoms with Gasteiger partial charge >= 0.3 is 0 Å². The Morgan fingerprint density at radius 3 is 3.14 bits per heavy atom. The number of thiophene rings is 1. The summed E-state index contributed by atoms with van der Waals surface area (Å²) in [5, 5.41) is 15.1. The predicted molar refractivity (Wildman–Crippen MR) is 87.9 cm³/mol. The molecule has 1 atom stereocenters. The second-order valence-corrected chi connectivity index (χ2v) is 7.71. The third-order valence-electron chi connectivity index (χ3n) is 4.45. The number of rotatable bonds is 1. The molecule has 112 valence electrons. The van der Waals surface area contributed by atoms with Crippen LogP contribution in [0, 0.1) is 5.92 Å². The third kappa shape index (κ3) is 1.51. The smallest absolute Gasteiger partial charge is 0.244 e. The Labute approximate surface area is 134 Å². The molecular weight excluding hydrogens is 316 g/mol. The summed E-state index contributed by atoms with van der Waals surface area (Å²) in [7, 11) is 0. The molecule has 0 aliphatic heterocycles. The van der Waals surface area contributed by atoms with Crippen molar-refractivity contribution >= 4 is 44.7 Å². The molecule has 22 heavy (non-hydrogen) atoms. The first-order valence-corrected chi connectivity index (χ1v) is 9.37. The summed E-state index contributed by atoms with van der Waals surface area (Å²) in [5.41, 5.74) is 2.37. The lowest BCUT2D eigenvalue weighted by Crippen LogP contribution is -2.09. The van der Waals surface area contributed by atoms with Gasteiger partial charge in [-0.1, -0.05) is 18.7 Å². The van der Waals surface area contributed by atoms with Crippen molar-refractivity contribution in [3.8, 4) is 0 Å². The van der Waals surface area contributed by atoms with Crippen molar-refractivity contribution < 1.29 is 0 Å². The Kier molecular flexibility index (Phi) is 2.58. The van der Waals surface area contributed by atoms with Crippen LogP contribution in [-0.4, -0.2) is 35.5 Å². The molecule has 0 saturated heterocycles. The summed E-state index contributed by atoms with van der Waals surface area (Å²) in [6.45, 7) is 2.33. The Balaban J connectivity index is 2.05. The number of fused-ring (bicyclic) bond motifs is 8. The molecule has 0 bridgehead atoms. The van der Waals surface area contributed by atoms with Crippen LogP contribution in [0.3, 0.4) is 0 Å². The number of thioether (sulfide) groups is 1. The zero-order valence-electron chi connectivity index (χ0n) is 12.3. The SMILES string of the molecule is CSc1nnc2n3ncnc3c3c4c(sc3n12)CC[C@H](C)C4. The number of aryl methyl sites for hydroxylation is 1. The highest BCUT2D eigenvalue weighted by atomic mass is 32.2. The fourth-order valence-electron chi connectivity index (χ4n) is 3.40. The predicted octanol–water partition coefficient (Wildman–Crippen LogP) is 2.83. The lowest BCUT2D eigenvalue weighted by molar-refractivity contribution is 0.508. The molecule has 4 aromatic rings. The minimum absolute atomic E-state index is 0.727. The van der Waals surface area contributed by atoms with Crippen molar-refractivity contribution in [1.29, 1.82) is 0 Å². The van der Waals surface area contributed by atoms with E-state index in [9.17, 15) is 0 Å². The van der Waals surface area contributed by atoms with Crippen LogP contribution in [0.25, 0.3) is 21.6 Å². The van der Waals surface area contributed by atoms with Crippen molar-refractivity contribution in [2.75, 3.05) is 6.26 Å². The van der Waals surface area contributed by atoms with Crippen LogP contribution in [0.15, 0.2) is 11.5 Å². The Morgan fingerprint density at radius 2 is 2.27 bits per heavy atom. The van der Waals surface area contributed by atoms with Crippen LogP contribution in [0.4, 0.5) is 0 Å². The van der Waals surface area contributed by atoms with Crippen molar-refractivity contribution in [3.05, 3.63) is 16.8 Å². The number of nitrogens with zero attached hydrogens (tertiary/aromatic N) is 6. The third-order valence-corrected chi connectivity index (χ3v) is 6.36. The minimum Gasteiger partial charge on any atom is -0.244 e. The summed E-state index contributed by atoms with van der Waals surface area (Å²) >= 11 is 3.48. The van der Waals surface area contributed by atoms with Gasteiger partial charge in [0.1, 0.15) is 11.2 Å². The van der Waals surface area contributed by atoms with Crippen molar-refractivity contribution in [1.82, 2.24) is 29.2 Å². The van der Waals surface area contributed by atoms with Crippen LogP contribution in [0.1, 0.15) is 23.8 Å². The summed E-state index contributed by atoms with van der Waals surface area (Å²) < 4.78 is 3.96. The highest BCUT2D eigenvalue weighted by Gasteiger charge is 2.26. The maximum absolute atomic E-state index is 4.51. The molecular formula is C14H14N6S2. The molecule has 0 saturated carbocycles. The van der Waals surface area contributed by atoms with Crippen LogP contribution >= 0.6 is 23.1 Å². The van der Waals surface area contributed by atoms with E-state index in [1.165, 1.54) is 27.1 Å². The van der Waals surface area contributed by atoms with Gasteiger partial charge in [-0.15, -0.1) is 21.5 Å². The minimum atomic E-state index is 0.727. The first-order valence-electron chi connectivity index (χ1n) is 7.33. The highest BCUT2D eigenvalue weighted by Crippen LogP contribution is 2.40. The molecule has 0 amide bonds. The molecule has 4 heterocycles. The summed E-state index contributed by atoms with van der Waals surface area (Å²) in [5.74, 6) is 1.47. The fraction of sp³-hybridized carbons (Fsp3) is 0.429. The van der Waals surface area contributed by atoms with Crippen LogP contribution in [-0.2, 0) is 12.8 Å². The molecule has 0 fully saturated rings. The van der Waals surface area contributed by atoms with E-state index < -0.39 is 0 Å². The van der Waals surface area contributed by atoms with E-state index in [1.807, 2.05) is 22.1 Å². The zero-order valence-corrected chi connectivity index (χ0v) is 13.9. The molecule has 0 N–H and O–H groups in total. The first-order chi connectivity index (χ1) is 10.8. The molecule has 0 aromatic carbocycles. The van der Waals surface area contributed by atoms with Gasteiger partial charge in [0.05, 0.1) is 5.39 Å². The van der Waals surface area contributed by atoms with Gasteiger partial charge in [0.25, 0.3) is 5.78 Å². The van der Waals surface area contributed by atoms with Gasteiger partial charge in [0.2, 0.25) is 0 Å². The van der Waals surface area contributed by atoms with Gasteiger partial charge in [0, 0.05) is 4.88 Å². The van der Waals surface area contributed by atoms with E-state index in [0.29, 0.717) is 0 Å². The van der Waals surface area contributed by atoms with E-state index >= 15 is 0 Å². The van der Waals surface area contributed by atoms with Gasteiger partial charge in [0.15, 0.2) is 10.8 Å². The van der Waals surface area contributed by atoms with Crippen LogP contribution < -0.4 is 0 Å². The average Bonchev–Trinajstić information content (AvgIpc) is 3.21. The van der Waals surface area contributed by atoms with Gasteiger partial charge < -0.3 is 0 Å². The van der Waals surface area contributed by atoms with Crippen molar-refractivity contribution in [2.24, 2.45) is 5.92 Å². The molecule has 5 rings (SSSR count). The molecule has 4 aromatic heterocycles. The highest BCUT2D eigenvalue weighted by molar-refractivity contribution is 7.98. The lowest BCUT2D eigenvalue weighted by atomic mass is 9.89. The molecule has 0 spiro atoms. The fourth-order valence-corrected chi connectivity index (χ4v) is 5.27. The Hall–Kier alpha value is -1.67. The van der Waals surface area contributed by atoms with E-state index in [0.717, 1.165) is 35.3 Å². The number of hydrogen-bond acceptors (Lipinski definition) is 6. The van der Waals surface area contributed by atoms with E-state index in [-0.39, 0.29) is 0 Å². The standard InChI is InChI=1S/C14H14N6S2/c1-7-3-4-9-8(5-7)10-11-15-6-16-20(11)13-17-18-14(21-2)19(13)12(10)22-9/h6-7H,3-5H2,1-2H3/t7-/m0/s1. The molecule has 6 nitrogen and oxygen atoms in total.